The smallest absolute Gasteiger partial charge is 0.0984 e. The van der Waals surface area contributed by atoms with E-state index in [0.29, 0.717) is 6.54 Å². The third-order valence-corrected chi connectivity index (χ3v) is 3.85. The second-order valence-corrected chi connectivity index (χ2v) is 5.62. The van der Waals surface area contributed by atoms with Gasteiger partial charge in [0, 0.05) is 30.3 Å². The minimum atomic E-state index is -0.126. The summed E-state index contributed by atoms with van der Waals surface area (Å²) < 4.78 is 5.66. The molecular weight excluding hydrogens is 276 g/mol. The van der Waals surface area contributed by atoms with Crippen molar-refractivity contribution < 1.29 is 9.84 Å². The van der Waals surface area contributed by atoms with E-state index in [1.807, 2.05) is 13.0 Å². The van der Waals surface area contributed by atoms with Crippen molar-refractivity contribution in [3.8, 4) is 0 Å². The molecule has 4 nitrogen and oxygen atoms in total. The van der Waals surface area contributed by atoms with Crippen LogP contribution in [0.5, 0.6) is 0 Å². The van der Waals surface area contributed by atoms with Crippen LogP contribution in [0.25, 0.3) is 0 Å². The molecule has 1 fully saturated rings. The van der Waals surface area contributed by atoms with Gasteiger partial charge < -0.3 is 20.1 Å². The molecule has 112 valence electrons. The first kappa shape index (κ1) is 15.6. The third-order valence-electron chi connectivity index (χ3n) is 3.50. The number of aliphatic hydroxyl groups excluding tert-OH is 1. The summed E-state index contributed by atoms with van der Waals surface area (Å²) in [7, 11) is 0. The third kappa shape index (κ3) is 3.85. The number of ether oxygens (including phenoxy) is 1. The van der Waals surface area contributed by atoms with E-state index < -0.39 is 0 Å². The molecule has 2 atom stereocenters. The summed E-state index contributed by atoms with van der Waals surface area (Å²) in [5, 5.41) is 13.3. The van der Waals surface area contributed by atoms with Gasteiger partial charge in [0.2, 0.25) is 0 Å². The molecule has 0 aliphatic carbocycles. The lowest BCUT2D eigenvalue weighted by molar-refractivity contribution is -0.0421. The van der Waals surface area contributed by atoms with Crippen LogP contribution in [0, 0.1) is 0 Å². The molecule has 0 radical (unpaired) electrons. The van der Waals surface area contributed by atoms with Gasteiger partial charge in [0.15, 0.2) is 0 Å². The van der Waals surface area contributed by atoms with E-state index in [9.17, 15) is 5.11 Å². The maximum Gasteiger partial charge on any atom is 0.0984 e. The van der Waals surface area contributed by atoms with Crippen molar-refractivity contribution in [1.29, 1.82) is 0 Å². The highest BCUT2D eigenvalue weighted by Crippen LogP contribution is 2.26. The van der Waals surface area contributed by atoms with E-state index in [4.69, 9.17) is 16.3 Å². The van der Waals surface area contributed by atoms with E-state index in [0.717, 1.165) is 35.9 Å². The molecule has 1 aromatic rings. The van der Waals surface area contributed by atoms with Crippen molar-refractivity contribution >= 4 is 17.3 Å². The van der Waals surface area contributed by atoms with Crippen LogP contribution in [-0.2, 0) is 11.3 Å². The fourth-order valence-electron chi connectivity index (χ4n) is 2.49. The van der Waals surface area contributed by atoms with Gasteiger partial charge in [-0.05, 0) is 31.2 Å². The van der Waals surface area contributed by atoms with Crippen LogP contribution in [0.4, 0.5) is 5.69 Å². The predicted molar refractivity (Wildman–Crippen MR) is 82.5 cm³/mol. The summed E-state index contributed by atoms with van der Waals surface area (Å²) in [5.41, 5.74) is 2.20. The molecule has 2 rings (SSSR count). The van der Waals surface area contributed by atoms with Gasteiger partial charge >= 0.3 is 0 Å². The molecule has 2 unspecified atom stereocenters. The fourth-order valence-corrected chi connectivity index (χ4v) is 2.73. The molecule has 5 heteroatoms. The Bertz CT molecular complexity index is 442. The average molecular weight is 299 g/mol. The second-order valence-electron chi connectivity index (χ2n) is 5.21. The second kappa shape index (κ2) is 7.27. The predicted octanol–water partition coefficient (Wildman–Crippen LogP) is 2.04. The summed E-state index contributed by atoms with van der Waals surface area (Å²) in [6.07, 6.45) is -0.0138. The summed E-state index contributed by atoms with van der Waals surface area (Å²) in [4.78, 5) is 2.22. The number of hydrogen-bond donors (Lipinski definition) is 2. The normalized spacial score (nSPS) is 23.1. The van der Waals surface area contributed by atoms with Crippen LogP contribution in [0.1, 0.15) is 19.4 Å². The zero-order valence-corrected chi connectivity index (χ0v) is 12.9. The first-order valence-corrected chi connectivity index (χ1v) is 7.52. The zero-order chi connectivity index (χ0) is 14.5. The van der Waals surface area contributed by atoms with Gasteiger partial charge in [-0.3, -0.25) is 0 Å². The Hall–Kier alpha value is -0.810. The summed E-state index contributed by atoms with van der Waals surface area (Å²) in [6.45, 7) is 7.38. The number of rotatable bonds is 5. The van der Waals surface area contributed by atoms with E-state index in [1.165, 1.54) is 0 Å². The minimum Gasteiger partial charge on any atom is -0.394 e. The molecule has 0 saturated carbocycles. The lowest BCUT2D eigenvalue weighted by Crippen LogP contribution is -2.48. The van der Waals surface area contributed by atoms with Crippen molar-refractivity contribution in [3.63, 3.8) is 0 Å². The maximum absolute atomic E-state index is 9.28. The molecule has 0 amide bonds. The molecule has 0 aromatic heterocycles. The van der Waals surface area contributed by atoms with Crippen LogP contribution in [-0.4, -0.2) is 43.6 Å². The zero-order valence-electron chi connectivity index (χ0n) is 12.1. The lowest BCUT2D eigenvalue weighted by Gasteiger charge is -2.37. The Morgan fingerprint density at radius 2 is 2.25 bits per heavy atom. The standard InChI is InChI=1S/C15H23ClN2O2/c1-3-17-7-12-4-5-13(6-15(12)16)18-8-11(2)20-14(9-18)10-19/h4-6,11,14,17,19H,3,7-10H2,1-2H3. The van der Waals surface area contributed by atoms with Crippen molar-refractivity contribution in [2.75, 3.05) is 31.1 Å². The van der Waals surface area contributed by atoms with Gasteiger partial charge in [0.25, 0.3) is 0 Å². The molecule has 1 aliphatic rings. The first-order valence-electron chi connectivity index (χ1n) is 7.14. The van der Waals surface area contributed by atoms with Gasteiger partial charge in [0.05, 0.1) is 18.8 Å². The quantitative estimate of drug-likeness (QED) is 0.873. The molecule has 1 aromatic carbocycles. The van der Waals surface area contributed by atoms with Gasteiger partial charge in [-0.2, -0.15) is 0 Å². The highest BCUT2D eigenvalue weighted by atomic mass is 35.5. The molecule has 1 saturated heterocycles. The largest absolute Gasteiger partial charge is 0.394 e. The number of benzene rings is 1. The van der Waals surface area contributed by atoms with Crippen LogP contribution in [0.2, 0.25) is 5.02 Å². The van der Waals surface area contributed by atoms with Gasteiger partial charge in [0.1, 0.15) is 0 Å². The van der Waals surface area contributed by atoms with Crippen molar-refractivity contribution in [2.45, 2.75) is 32.6 Å². The number of morpholine rings is 1. The van der Waals surface area contributed by atoms with E-state index in [-0.39, 0.29) is 18.8 Å². The minimum absolute atomic E-state index is 0.0487. The highest BCUT2D eigenvalue weighted by molar-refractivity contribution is 6.31. The molecule has 0 bridgehead atoms. The maximum atomic E-state index is 9.28. The molecule has 1 heterocycles. The molecule has 1 aliphatic heterocycles. The van der Waals surface area contributed by atoms with Gasteiger partial charge in [-0.25, -0.2) is 0 Å². The Kier molecular flexibility index (Phi) is 5.66. The highest BCUT2D eigenvalue weighted by Gasteiger charge is 2.25. The van der Waals surface area contributed by atoms with Crippen LogP contribution >= 0.6 is 11.6 Å². The van der Waals surface area contributed by atoms with Crippen LogP contribution in [0.3, 0.4) is 0 Å². The fraction of sp³-hybridized carbons (Fsp3) is 0.600. The Morgan fingerprint density at radius 1 is 1.45 bits per heavy atom. The van der Waals surface area contributed by atoms with Gasteiger partial charge in [-0.15, -0.1) is 0 Å². The van der Waals surface area contributed by atoms with E-state index in [2.05, 4.69) is 29.3 Å². The van der Waals surface area contributed by atoms with Crippen molar-refractivity contribution in [1.82, 2.24) is 5.32 Å². The number of hydrogen-bond acceptors (Lipinski definition) is 4. The first-order chi connectivity index (χ1) is 9.63. The number of halogens is 1. The van der Waals surface area contributed by atoms with Crippen LogP contribution in [0.15, 0.2) is 18.2 Å². The SMILES string of the molecule is CCNCc1ccc(N2CC(C)OC(CO)C2)cc1Cl. The Morgan fingerprint density at radius 3 is 2.90 bits per heavy atom. The molecule has 2 N–H and O–H groups in total. The molecule has 20 heavy (non-hydrogen) atoms. The summed E-state index contributed by atoms with van der Waals surface area (Å²) >= 11 is 6.34. The average Bonchev–Trinajstić information content (AvgIpc) is 2.45. The summed E-state index contributed by atoms with van der Waals surface area (Å²) in [5.74, 6) is 0. The Labute approximate surface area is 125 Å². The van der Waals surface area contributed by atoms with Crippen LogP contribution < -0.4 is 10.2 Å². The van der Waals surface area contributed by atoms with Crippen molar-refractivity contribution in [2.24, 2.45) is 0 Å². The lowest BCUT2D eigenvalue weighted by atomic mass is 10.1. The van der Waals surface area contributed by atoms with Gasteiger partial charge in [-0.1, -0.05) is 24.6 Å². The number of nitrogens with one attached hydrogen (secondary N) is 1. The number of anilines is 1. The van der Waals surface area contributed by atoms with E-state index in [1.54, 1.807) is 0 Å². The Balaban J connectivity index is 2.10. The summed E-state index contributed by atoms with van der Waals surface area (Å²) in [6, 6.07) is 6.15. The topological polar surface area (TPSA) is 44.7 Å². The molecular formula is C15H23ClN2O2. The number of nitrogens with zero attached hydrogens (tertiary/aromatic N) is 1. The van der Waals surface area contributed by atoms with Crippen molar-refractivity contribution in [3.05, 3.63) is 28.8 Å². The monoisotopic (exact) mass is 298 g/mol. The van der Waals surface area contributed by atoms with E-state index >= 15 is 0 Å². The number of aliphatic hydroxyl groups is 1. The molecule has 0 spiro atoms.